The normalized spacial score (nSPS) is 23.6. The van der Waals surface area contributed by atoms with Gasteiger partial charge in [-0.25, -0.2) is 4.39 Å². The zero-order chi connectivity index (χ0) is 17.2. The molecule has 0 spiro atoms. The molecular formula is C20H28FN3O. The van der Waals surface area contributed by atoms with E-state index in [2.05, 4.69) is 15.1 Å². The van der Waals surface area contributed by atoms with Crippen molar-refractivity contribution in [2.24, 2.45) is 5.92 Å². The monoisotopic (exact) mass is 345 g/mol. The lowest BCUT2D eigenvalue weighted by Gasteiger charge is -2.37. The van der Waals surface area contributed by atoms with Crippen LogP contribution < -0.4 is 5.32 Å². The lowest BCUT2D eigenvalue weighted by Crippen LogP contribution is -2.52. The quantitative estimate of drug-likeness (QED) is 0.891. The molecule has 2 aliphatic heterocycles. The topological polar surface area (TPSA) is 35.6 Å². The Morgan fingerprint density at radius 1 is 1.04 bits per heavy atom. The molecule has 4 rings (SSSR count). The first kappa shape index (κ1) is 16.8. The van der Waals surface area contributed by atoms with Crippen molar-refractivity contribution in [3.05, 3.63) is 30.1 Å². The Morgan fingerprint density at radius 3 is 2.36 bits per heavy atom. The van der Waals surface area contributed by atoms with Gasteiger partial charge in [-0.3, -0.25) is 9.69 Å². The Labute approximate surface area is 149 Å². The Balaban J connectivity index is 1.33. The summed E-state index contributed by atoms with van der Waals surface area (Å²) in [6.45, 7) is 3.72. The molecule has 1 aliphatic carbocycles. The molecule has 2 saturated heterocycles. The molecule has 0 aromatic heterocycles. The summed E-state index contributed by atoms with van der Waals surface area (Å²) in [7, 11) is 0. The molecule has 1 amide bonds. The Hall–Kier alpha value is -1.62. The van der Waals surface area contributed by atoms with E-state index < -0.39 is 0 Å². The highest BCUT2D eigenvalue weighted by atomic mass is 19.1. The SMILES string of the molecule is O=C(C(C1CC1)N1CCCC1)N1CCC(Nc2ccccc2F)CC1. The number of amides is 1. The molecule has 1 aromatic carbocycles. The molecule has 136 valence electrons. The Morgan fingerprint density at radius 2 is 1.72 bits per heavy atom. The maximum absolute atomic E-state index is 13.8. The van der Waals surface area contributed by atoms with Crippen LogP contribution in [0.2, 0.25) is 0 Å². The number of hydrogen-bond acceptors (Lipinski definition) is 3. The van der Waals surface area contributed by atoms with Gasteiger partial charge in [-0.2, -0.15) is 0 Å². The first-order valence-electron chi connectivity index (χ1n) is 9.76. The summed E-state index contributed by atoms with van der Waals surface area (Å²) >= 11 is 0. The molecule has 3 aliphatic rings. The summed E-state index contributed by atoms with van der Waals surface area (Å²) in [4.78, 5) is 17.6. The Bertz CT molecular complexity index is 605. The highest BCUT2D eigenvalue weighted by Crippen LogP contribution is 2.38. The second-order valence-electron chi connectivity index (χ2n) is 7.75. The van der Waals surface area contributed by atoms with Crippen molar-refractivity contribution in [2.45, 2.75) is 50.6 Å². The van der Waals surface area contributed by atoms with Crippen LogP contribution >= 0.6 is 0 Å². The van der Waals surface area contributed by atoms with Gasteiger partial charge in [-0.1, -0.05) is 12.1 Å². The predicted octanol–water partition coefficient (Wildman–Crippen LogP) is 3.10. The minimum atomic E-state index is -0.205. The van der Waals surface area contributed by atoms with E-state index >= 15 is 0 Å². The molecule has 3 fully saturated rings. The van der Waals surface area contributed by atoms with Gasteiger partial charge in [-0.15, -0.1) is 0 Å². The van der Waals surface area contributed by atoms with Crippen LogP contribution in [0.25, 0.3) is 0 Å². The van der Waals surface area contributed by atoms with Crippen LogP contribution in [-0.4, -0.2) is 54.0 Å². The first-order valence-corrected chi connectivity index (χ1v) is 9.76. The lowest BCUT2D eigenvalue weighted by molar-refractivity contribution is -0.138. The van der Waals surface area contributed by atoms with Gasteiger partial charge in [0.15, 0.2) is 0 Å². The maximum atomic E-state index is 13.8. The van der Waals surface area contributed by atoms with Crippen LogP contribution in [-0.2, 0) is 4.79 Å². The van der Waals surface area contributed by atoms with Crippen LogP contribution in [0.3, 0.4) is 0 Å². The van der Waals surface area contributed by atoms with E-state index in [9.17, 15) is 9.18 Å². The third-order valence-corrected chi connectivity index (χ3v) is 5.90. The third kappa shape index (κ3) is 3.81. The standard InChI is InChI=1S/C20H28FN3O/c21-17-5-1-2-6-18(17)22-16-9-13-24(14-10-16)20(25)19(15-7-8-15)23-11-3-4-12-23/h1-2,5-6,15-16,19,22H,3-4,7-14H2. The second kappa shape index (κ2) is 7.32. The number of halogens is 1. The molecule has 4 nitrogen and oxygen atoms in total. The van der Waals surface area contributed by atoms with Crippen molar-refractivity contribution in [1.82, 2.24) is 9.80 Å². The fourth-order valence-corrected chi connectivity index (χ4v) is 4.32. The summed E-state index contributed by atoms with van der Waals surface area (Å²) in [6.07, 6.45) is 6.64. The van der Waals surface area contributed by atoms with Gasteiger partial charge >= 0.3 is 0 Å². The van der Waals surface area contributed by atoms with Gasteiger partial charge in [0, 0.05) is 19.1 Å². The predicted molar refractivity (Wildman–Crippen MR) is 96.9 cm³/mol. The molecule has 25 heavy (non-hydrogen) atoms. The number of benzene rings is 1. The molecule has 5 heteroatoms. The Kier molecular flexibility index (Phi) is 4.93. The van der Waals surface area contributed by atoms with Crippen LogP contribution in [0, 0.1) is 11.7 Å². The van der Waals surface area contributed by atoms with Gasteiger partial charge in [0.25, 0.3) is 0 Å². The molecule has 2 heterocycles. The van der Waals surface area contributed by atoms with Crippen LogP contribution in [0.4, 0.5) is 10.1 Å². The van der Waals surface area contributed by atoms with Gasteiger partial charge in [0.05, 0.1) is 11.7 Å². The van der Waals surface area contributed by atoms with Crippen molar-refractivity contribution >= 4 is 11.6 Å². The van der Waals surface area contributed by atoms with Crippen molar-refractivity contribution in [3.8, 4) is 0 Å². The zero-order valence-electron chi connectivity index (χ0n) is 14.8. The highest BCUT2D eigenvalue weighted by Gasteiger charge is 2.43. The van der Waals surface area contributed by atoms with E-state index in [4.69, 9.17) is 0 Å². The molecule has 1 N–H and O–H groups in total. The van der Waals surface area contributed by atoms with Crippen LogP contribution in [0.1, 0.15) is 38.5 Å². The molecule has 0 bridgehead atoms. The van der Waals surface area contributed by atoms with Gasteiger partial charge in [0.2, 0.25) is 5.91 Å². The van der Waals surface area contributed by atoms with Crippen molar-refractivity contribution in [1.29, 1.82) is 0 Å². The summed E-state index contributed by atoms with van der Waals surface area (Å²) < 4.78 is 13.8. The van der Waals surface area contributed by atoms with Crippen LogP contribution in [0.5, 0.6) is 0 Å². The minimum Gasteiger partial charge on any atom is -0.380 e. The smallest absolute Gasteiger partial charge is 0.240 e. The number of nitrogens with one attached hydrogen (secondary N) is 1. The average molecular weight is 345 g/mol. The fraction of sp³-hybridized carbons (Fsp3) is 0.650. The number of piperidine rings is 1. The number of nitrogens with zero attached hydrogens (tertiary/aromatic N) is 2. The molecule has 1 aromatic rings. The van der Waals surface area contributed by atoms with E-state index in [1.54, 1.807) is 12.1 Å². The number of likely N-dealkylation sites (tertiary alicyclic amines) is 2. The number of anilines is 1. The number of para-hydroxylation sites is 1. The molecule has 0 radical (unpaired) electrons. The van der Waals surface area contributed by atoms with E-state index in [1.165, 1.54) is 31.7 Å². The van der Waals surface area contributed by atoms with E-state index in [0.29, 0.717) is 17.5 Å². The van der Waals surface area contributed by atoms with Gasteiger partial charge < -0.3 is 10.2 Å². The van der Waals surface area contributed by atoms with Crippen molar-refractivity contribution < 1.29 is 9.18 Å². The largest absolute Gasteiger partial charge is 0.380 e. The number of carbonyl (C=O) groups is 1. The molecule has 1 atom stereocenters. The first-order chi connectivity index (χ1) is 12.2. The molecular weight excluding hydrogens is 317 g/mol. The van der Waals surface area contributed by atoms with Crippen molar-refractivity contribution in [2.75, 3.05) is 31.5 Å². The fourth-order valence-electron chi connectivity index (χ4n) is 4.32. The highest BCUT2D eigenvalue weighted by molar-refractivity contribution is 5.82. The number of rotatable bonds is 5. The van der Waals surface area contributed by atoms with E-state index in [-0.39, 0.29) is 17.9 Å². The second-order valence-corrected chi connectivity index (χ2v) is 7.75. The lowest BCUT2D eigenvalue weighted by atomic mass is 10.0. The van der Waals surface area contributed by atoms with E-state index in [0.717, 1.165) is 39.0 Å². The average Bonchev–Trinajstić information content (AvgIpc) is 3.31. The van der Waals surface area contributed by atoms with E-state index in [1.807, 2.05) is 6.07 Å². The summed E-state index contributed by atoms with van der Waals surface area (Å²) in [5.41, 5.74) is 0.570. The minimum absolute atomic E-state index is 0.124. The number of carbonyl (C=O) groups excluding carboxylic acids is 1. The zero-order valence-corrected chi connectivity index (χ0v) is 14.8. The summed E-state index contributed by atoms with van der Waals surface area (Å²) in [5, 5.41) is 3.30. The third-order valence-electron chi connectivity index (χ3n) is 5.90. The maximum Gasteiger partial charge on any atom is 0.240 e. The molecule has 1 unspecified atom stereocenters. The number of hydrogen-bond donors (Lipinski definition) is 1. The van der Waals surface area contributed by atoms with Gasteiger partial charge in [-0.05, 0) is 69.7 Å². The van der Waals surface area contributed by atoms with Crippen molar-refractivity contribution in [3.63, 3.8) is 0 Å². The van der Waals surface area contributed by atoms with Crippen LogP contribution in [0.15, 0.2) is 24.3 Å². The summed E-state index contributed by atoms with van der Waals surface area (Å²) in [6, 6.07) is 7.18. The van der Waals surface area contributed by atoms with Gasteiger partial charge in [0.1, 0.15) is 5.82 Å². The molecule has 1 saturated carbocycles. The summed E-state index contributed by atoms with van der Waals surface area (Å²) in [5.74, 6) is 0.720.